The SMILES string of the molecule is Cc1cc(Br)c(F)c(C2(N)CC2)c1F. The fourth-order valence-electron chi connectivity index (χ4n) is 1.55. The van der Waals surface area contributed by atoms with Gasteiger partial charge in [0.05, 0.1) is 4.47 Å². The van der Waals surface area contributed by atoms with E-state index < -0.39 is 17.2 Å². The van der Waals surface area contributed by atoms with Gasteiger partial charge in [0.25, 0.3) is 0 Å². The molecule has 0 unspecified atom stereocenters. The Bertz CT molecular complexity index is 373. The van der Waals surface area contributed by atoms with Crippen LogP contribution in [0.2, 0.25) is 0 Å². The Morgan fingerprint density at radius 3 is 2.43 bits per heavy atom. The molecule has 0 atom stereocenters. The van der Waals surface area contributed by atoms with Gasteiger partial charge in [-0.25, -0.2) is 8.78 Å². The Balaban J connectivity index is 2.68. The molecular weight excluding hydrogens is 252 g/mol. The van der Waals surface area contributed by atoms with Gasteiger partial charge in [0.1, 0.15) is 11.6 Å². The molecule has 14 heavy (non-hydrogen) atoms. The highest BCUT2D eigenvalue weighted by Gasteiger charge is 2.45. The molecule has 0 aliphatic heterocycles. The largest absolute Gasteiger partial charge is 0.321 e. The van der Waals surface area contributed by atoms with E-state index in [9.17, 15) is 8.78 Å². The van der Waals surface area contributed by atoms with Gasteiger partial charge in [-0.3, -0.25) is 0 Å². The molecule has 1 aromatic rings. The second-order valence-electron chi connectivity index (χ2n) is 3.83. The number of rotatable bonds is 1. The van der Waals surface area contributed by atoms with Gasteiger partial charge in [0.15, 0.2) is 0 Å². The molecule has 0 amide bonds. The lowest BCUT2D eigenvalue weighted by molar-refractivity contribution is 0.512. The van der Waals surface area contributed by atoms with Crippen LogP contribution in [0.5, 0.6) is 0 Å². The predicted molar refractivity (Wildman–Crippen MR) is 53.9 cm³/mol. The van der Waals surface area contributed by atoms with Crippen molar-refractivity contribution in [3.05, 3.63) is 33.3 Å². The number of benzene rings is 1. The average molecular weight is 262 g/mol. The third-order valence-electron chi connectivity index (χ3n) is 2.62. The van der Waals surface area contributed by atoms with Crippen LogP contribution in [0.25, 0.3) is 0 Å². The molecule has 4 heteroatoms. The summed E-state index contributed by atoms with van der Waals surface area (Å²) in [4.78, 5) is 0. The summed E-state index contributed by atoms with van der Waals surface area (Å²) in [6.07, 6.45) is 1.30. The van der Waals surface area contributed by atoms with Crippen molar-refractivity contribution in [3.8, 4) is 0 Å². The van der Waals surface area contributed by atoms with E-state index in [4.69, 9.17) is 5.73 Å². The van der Waals surface area contributed by atoms with Crippen molar-refractivity contribution in [2.24, 2.45) is 5.73 Å². The number of hydrogen-bond donors (Lipinski definition) is 1. The Morgan fingerprint density at radius 1 is 1.36 bits per heavy atom. The van der Waals surface area contributed by atoms with Crippen molar-refractivity contribution in [2.45, 2.75) is 25.3 Å². The van der Waals surface area contributed by atoms with Crippen LogP contribution in [0.15, 0.2) is 10.5 Å². The fourth-order valence-corrected chi connectivity index (χ4v) is 2.09. The molecule has 1 saturated carbocycles. The van der Waals surface area contributed by atoms with Crippen molar-refractivity contribution >= 4 is 15.9 Å². The van der Waals surface area contributed by atoms with Crippen LogP contribution < -0.4 is 5.73 Å². The van der Waals surface area contributed by atoms with E-state index in [1.807, 2.05) is 0 Å². The maximum Gasteiger partial charge on any atom is 0.145 e. The minimum Gasteiger partial charge on any atom is -0.321 e. The quantitative estimate of drug-likeness (QED) is 0.773. The maximum atomic E-state index is 13.6. The highest BCUT2D eigenvalue weighted by molar-refractivity contribution is 9.10. The van der Waals surface area contributed by atoms with E-state index in [2.05, 4.69) is 15.9 Å². The molecule has 76 valence electrons. The molecule has 2 rings (SSSR count). The van der Waals surface area contributed by atoms with Crippen molar-refractivity contribution < 1.29 is 8.78 Å². The standard InChI is InChI=1S/C10H10BrF2N/c1-5-4-6(11)9(13)7(8(5)12)10(14)2-3-10/h4H,2-3,14H2,1H3. The summed E-state index contributed by atoms with van der Waals surface area (Å²) < 4.78 is 27.5. The smallest absolute Gasteiger partial charge is 0.145 e. The first kappa shape index (κ1) is 10.1. The summed E-state index contributed by atoms with van der Waals surface area (Å²) in [5, 5.41) is 0. The van der Waals surface area contributed by atoms with E-state index in [-0.39, 0.29) is 10.0 Å². The van der Waals surface area contributed by atoms with Crippen molar-refractivity contribution in [3.63, 3.8) is 0 Å². The number of halogens is 3. The molecule has 1 aliphatic carbocycles. The van der Waals surface area contributed by atoms with Crippen LogP contribution in [-0.2, 0) is 5.54 Å². The first-order valence-electron chi connectivity index (χ1n) is 4.39. The lowest BCUT2D eigenvalue weighted by Gasteiger charge is -2.14. The summed E-state index contributed by atoms with van der Waals surface area (Å²) in [7, 11) is 0. The second-order valence-corrected chi connectivity index (χ2v) is 4.69. The molecule has 0 heterocycles. The zero-order chi connectivity index (χ0) is 10.5. The molecular formula is C10H10BrF2N. The van der Waals surface area contributed by atoms with Crippen LogP contribution in [0.1, 0.15) is 24.0 Å². The van der Waals surface area contributed by atoms with E-state index in [1.54, 1.807) is 6.92 Å². The fraction of sp³-hybridized carbons (Fsp3) is 0.400. The Hall–Kier alpha value is -0.480. The summed E-state index contributed by atoms with van der Waals surface area (Å²) in [6.45, 7) is 1.61. The van der Waals surface area contributed by atoms with E-state index >= 15 is 0 Å². The first-order valence-corrected chi connectivity index (χ1v) is 5.18. The Kier molecular flexibility index (Phi) is 2.16. The molecule has 1 fully saturated rings. The summed E-state index contributed by atoms with van der Waals surface area (Å²) >= 11 is 3.05. The first-order chi connectivity index (χ1) is 6.46. The van der Waals surface area contributed by atoms with Gasteiger partial charge in [-0.15, -0.1) is 0 Å². The number of hydrogen-bond acceptors (Lipinski definition) is 1. The lowest BCUT2D eigenvalue weighted by Crippen LogP contribution is -2.23. The minimum absolute atomic E-state index is 0.0318. The molecule has 1 nitrogen and oxygen atoms in total. The predicted octanol–water partition coefficient (Wildman–Crippen LogP) is 2.98. The third kappa shape index (κ3) is 1.37. The number of nitrogens with two attached hydrogens (primary N) is 1. The molecule has 2 N–H and O–H groups in total. The molecule has 1 aromatic carbocycles. The highest BCUT2D eigenvalue weighted by Crippen LogP contribution is 2.46. The molecule has 0 spiro atoms. The van der Waals surface area contributed by atoms with Crippen LogP contribution in [-0.4, -0.2) is 0 Å². The summed E-state index contributed by atoms with van der Waals surface area (Å²) in [5.74, 6) is -1.07. The van der Waals surface area contributed by atoms with Gasteiger partial charge < -0.3 is 5.73 Å². The van der Waals surface area contributed by atoms with Crippen molar-refractivity contribution in [2.75, 3.05) is 0 Å². The maximum absolute atomic E-state index is 13.6. The van der Waals surface area contributed by atoms with Crippen molar-refractivity contribution in [1.29, 1.82) is 0 Å². The van der Waals surface area contributed by atoms with E-state index in [0.717, 1.165) is 0 Å². The van der Waals surface area contributed by atoms with Gasteiger partial charge >= 0.3 is 0 Å². The van der Waals surface area contributed by atoms with Crippen LogP contribution in [0.4, 0.5) is 8.78 Å². The van der Waals surface area contributed by atoms with Gasteiger partial charge in [0, 0.05) is 11.1 Å². The number of aryl methyl sites for hydroxylation is 1. The van der Waals surface area contributed by atoms with E-state index in [0.29, 0.717) is 18.4 Å². The minimum atomic E-state index is -0.775. The van der Waals surface area contributed by atoms with Gasteiger partial charge in [-0.1, -0.05) is 0 Å². The molecule has 0 aromatic heterocycles. The molecule has 0 saturated heterocycles. The third-order valence-corrected chi connectivity index (χ3v) is 3.20. The highest BCUT2D eigenvalue weighted by atomic mass is 79.9. The van der Waals surface area contributed by atoms with Crippen LogP contribution in [0, 0.1) is 18.6 Å². The van der Waals surface area contributed by atoms with Gasteiger partial charge in [0.2, 0.25) is 0 Å². The Morgan fingerprint density at radius 2 is 1.93 bits per heavy atom. The molecule has 1 aliphatic rings. The average Bonchev–Trinajstić information content (AvgIpc) is 2.81. The van der Waals surface area contributed by atoms with Gasteiger partial charge in [-0.05, 0) is 47.3 Å². The molecule has 0 bridgehead atoms. The molecule has 0 radical (unpaired) electrons. The topological polar surface area (TPSA) is 26.0 Å². The van der Waals surface area contributed by atoms with Gasteiger partial charge in [-0.2, -0.15) is 0 Å². The monoisotopic (exact) mass is 261 g/mol. The van der Waals surface area contributed by atoms with Crippen molar-refractivity contribution in [1.82, 2.24) is 0 Å². The Labute approximate surface area is 89.4 Å². The summed E-state index contributed by atoms with van der Waals surface area (Å²) in [6, 6.07) is 1.43. The zero-order valence-corrected chi connectivity index (χ0v) is 9.29. The van der Waals surface area contributed by atoms with Crippen LogP contribution in [0.3, 0.4) is 0 Å². The second kappa shape index (κ2) is 3.00. The van der Waals surface area contributed by atoms with E-state index in [1.165, 1.54) is 6.07 Å². The normalized spacial score (nSPS) is 18.4. The lowest BCUT2D eigenvalue weighted by atomic mass is 10.0. The zero-order valence-electron chi connectivity index (χ0n) is 7.70. The summed E-state index contributed by atoms with van der Waals surface area (Å²) in [5.41, 5.74) is 5.48. The van der Waals surface area contributed by atoms with Crippen LogP contribution >= 0.6 is 15.9 Å².